The minimum absolute atomic E-state index is 0.161. The van der Waals surface area contributed by atoms with Gasteiger partial charge in [-0.05, 0) is 12.8 Å². The lowest BCUT2D eigenvalue weighted by atomic mass is 9.93. The predicted octanol–water partition coefficient (Wildman–Crippen LogP) is 1.65. The van der Waals surface area contributed by atoms with Gasteiger partial charge in [-0.2, -0.15) is 0 Å². The van der Waals surface area contributed by atoms with E-state index in [1.54, 1.807) is 0 Å². The van der Waals surface area contributed by atoms with Crippen molar-refractivity contribution in [2.24, 2.45) is 0 Å². The van der Waals surface area contributed by atoms with Crippen LogP contribution >= 0.6 is 0 Å². The molecule has 1 aliphatic carbocycles. The van der Waals surface area contributed by atoms with E-state index >= 15 is 0 Å². The Bertz CT molecular complexity index is 500. The zero-order chi connectivity index (χ0) is 12.0. The van der Waals surface area contributed by atoms with Gasteiger partial charge in [-0.15, -0.1) is 0 Å². The van der Waals surface area contributed by atoms with Crippen molar-refractivity contribution in [3.8, 4) is 0 Å². The fourth-order valence-corrected chi connectivity index (χ4v) is 2.61. The summed E-state index contributed by atoms with van der Waals surface area (Å²) in [6, 6.07) is 0. The van der Waals surface area contributed by atoms with Gasteiger partial charge in [0.15, 0.2) is 0 Å². The molecule has 1 saturated carbocycles. The number of amides is 1. The molecule has 0 bridgehead atoms. The topological polar surface area (TPSA) is 91.6 Å². The highest BCUT2D eigenvalue weighted by Gasteiger charge is 2.45. The highest BCUT2D eigenvalue weighted by molar-refractivity contribution is 6.10. The number of hydrogen-bond acceptors (Lipinski definition) is 4. The molecule has 2 aliphatic rings. The molecule has 17 heavy (non-hydrogen) atoms. The van der Waals surface area contributed by atoms with Gasteiger partial charge >= 0.3 is 5.97 Å². The Hall–Kier alpha value is -1.98. The van der Waals surface area contributed by atoms with E-state index in [9.17, 15) is 9.59 Å². The summed E-state index contributed by atoms with van der Waals surface area (Å²) in [5.74, 6) is -1.57. The van der Waals surface area contributed by atoms with Crippen LogP contribution in [0.2, 0.25) is 0 Å². The van der Waals surface area contributed by atoms with Crippen molar-refractivity contribution >= 4 is 23.3 Å². The number of rotatable bonds is 1. The van der Waals surface area contributed by atoms with E-state index in [1.807, 2.05) is 0 Å². The summed E-state index contributed by atoms with van der Waals surface area (Å²) in [4.78, 5) is 22.9. The second-order valence-corrected chi connectivity index (χ2v) is 4.53. The van der Waals surface area contributed by atoms with E-state index in [0.717, 1.165) is 25.7 Å². The van der Waals surface area contributed by atoms with E-state index in [2.05, 4.69) is 10.6 Å². The molecule has 6 nitrogen and oxygen atoms in total. The Balaban J connectivity index is 2.02. The smallest absolute Gasteiger partial charge is 0.374 e. The van der Waals surface area contributed by atoms with Crippen LogP contribution in [0.25, 0.3) is 0 Å². The molecule has 0 atom stereocenters. The fourth-order valence-electron chi connectivity index (χ4n) is 2.61. The van der Waals surface area contributed by atoms with Gasteiger partial charge in [-0.1, -0.05) is 12.8 Å². The maximum atomic E-state index is 12.0. The first-order valence-corrected chi connectivity index (χ1v) is 5.57. The van der Waals surface area contributed by atoms with Crippen molar-refractivity contribution in [1.82, 2.24) is 0 Å². The van der Waals surface area contributed by atoms with Crippen LogP contribution in [0.4, 0.5) is 11.4 Å². The van der Waals surface area contributed by atoms with Crippen LogP contribution in [0.1, 0.15) is 36.2 Å². The van der Waals surface area contributed by atoms with Gasteiger partial charge in [0.2, 0.25) is 11.7 Å². The van der Waals surface area contributed by atoms with Crippen LogP contribution in [0, 0.1) is 0 Å². The number of hydrogen-bond donors (Lipinski definition) is 3. The van der Waals surface area contributed by atoms with Crippen molar-refractivity contribution in [3.63, 3.8) is 0 Å². The summed E-state index contributed by atoms with van der Waals surface area (Å²) in [7, 11) is 0. The molecule has 0 unspecified atom stereocenters. The molecule has 0 aromatic carbocycles. The van der Waals surface area contributed by atoms with E-state index in [4.69, 9.17) is 9.52 Å². The number of furan rings is 1. The van der Waals surface area contributed by atoms with Gasteiger partial charge < -0.3 is 20.2 Å². The van der Waals surface area contributed by atoms with Crippen LogP contribution in [-0.2, 0) is 4.79 Å². The molecule has 3 rings (SSSR count). The average Bonchev–Trinajstić information content (AvgIpc) is 2.87. The molecule has 1 amide bonds. The van der Waals surface area contributed by atoms with Gasteiger partial charge in [0.05, 0.1) is 5.69 Å². The van der Waals surface area contributed by atoms with E-state index in [1.165, 1.54) is 6.26 Å². The number of nitrogens with one attached hydrogen (secondary N) is 2. The molecule has 3 N–H and O–H groups in total. The van der Waals surface area contributed by atoms with Crippen molar-refractivity contribution in [2.75, 3.05) is 10.6 Å². The molecule has 6 heteroatoms. The Morgan fingerprint density at radius 2 is 2.12 bits per heavy atom. The van der Waals surface area contributed by atoms with Crippen molar-refractivity contribution in [3.05, 3.63) is 12.0 Å². The highest BCUT2D eigenvalue weighted by atomic mass is 16.4. The number of carboxylic acid groups (broad SMARTS) is 1. The second-order valence-electron chi connectivity index (χ2n) is 4.53. The predicted molar refractivity (Wildman–Crippen MR) is 59.1 cm³/mol. The molecule has 2 heterocycles. The van der Waals surface area contributed by atoms with Crippen LogP contribution in [0.15, 0.2) is 10.7 Å². The first-order valence-electron chi connectivity index (χ1n) is 5.57. The normalized spacial score (nSPS) is 20.8. The summed E-state index contributed by atoms with van der Waals surface area (Å²) >= 11 is 0. The zero-order valence-corrected chi connectivity index (χ0v) is 9.08. The Morgan fingerprint density at radius 1 is 1.41 bits per heavy atom. The molecule has 0 saturated heterocycles. The summed E-state index contributed by atoms with van der Waals surface area (Å²) in [5, 5.41) is 14.7. The van der Waals surface area contributed by atoms with Crippen LogP contribution < -0.4 is 10.6 Å². The largest absolute Gasteiger partial charge is 0.475 e. The average molecular weight is 236 g/mol. The number of anilines is 2. The summed E-state index contributed by atoms with van der Waals surface area (Å²) in [5.41, 5.74) is 0.219. The second kappa shape index (κ2) is 3.26. The SMILES string of the molecule is O=C(O)c1occ2c1NC(=O)C1(CCCC1)N2. The number of aromatic carboxylic acids is 1. The molecular weight excluding hydrogens is 224 g/mol. The van der Waals surface area contributed by atoms with Crippen LogP contribution in [-0.4, -0.2) is 22.5 Å². The van der Waals surface area contributed by atoms with E-state index in [0.29, 0.717) is 5.69 Å². The van der Waals surface area contributed by atoms with Gasteiger partial charge in [0, 0.05) is 0 Å². The Labute approximate surface area is 97.0 Å². The lowest BCUT2D eigenvalue weighted by Gasteiger charge is -2.33. The first-order chi connectivity index (χ1) is 8.12. The number of carbonyl (C=O) groups excluding carboxylic acids is 1. The summed E-state index contributed by atoms with van der Waals surface area (Å²) in [6.07, 6.45) is 4.88. The van der Waals surface area contributed by atoms with Gasteiger partial charge in [-0.25, -0.2) is 4.79 Å². The Morgan fingerprint density at radius 3 is 2.76 bits per heavy atom. The maximum Gasteiger partial charge on any atom is 0.374 e. The quantitative estimate of drug-likeness (QED) is 0.689. The standard InChI is InChI=1S/C11H12N2O4/c14-9(15)8-7-6(5-17-8)13-11(10(16)12-7)3-1-2-4-11/h5,13H,1-4H2,(H,12,16)(H,14,15). The highest BCUT2D eigenvalue weighted by Crippen LogP contribution is 2.42. The van der Waals surface area contributed by atoms with Crippen molar-refractivity contribution in [2.45, 2.75) is 31.2 Å². The third-order valence-electron chi connectivity index (χ3n) is 3.49. The van der Waals surface area contributed by atoms with Gasteiger partial charge in [0.25, 0.3) is 0 Å². The molecule has 1 aromatic heterocycles. The van der Waals surface area contributed by atoms with Crippen LogP contribution in [0.3, 0.4) is 0 Å². The third-order valence-corrected chi connectivity index (χ3v) is 3.49. The molecule has 1 fully saturated rings. The van der Waals surface area contributed by atoms with Gasteiger partial charge in [0.1, 0.15) is 17.5 Å². The molecule has 1 aromatic rings. The fraction of sp³-hybridized carbons (Fsp3) is 0.455. The zero-order valence-electron chi connectivity index (χ0n) is 9.08. The van der Waals surface area contributed by atoms with E-state index < -0.39 is 11.5 Å². The summed E-state index contributed by atoms with van der Waals surface area (Å²) < 4.78 is 4.95. The van der Waals surface area contributed by atoms with Crippen molar-refractivity contribution < 1.29 is 19.1 Å². The maximum absolute atomic E-state index is 12.0. The monoisotopic (exact) mass is 236 g/mol. The minimum atomic E-state index is -1.18. The van der Waals surface area contributed by atoms with E-state index in [-0.39, 0.29) is 17.4 Å². The number of fused-ring (bicyclic) bond motifs is 1. The third kappa shape index (κ3) is 1.33. The lowest BCUT2D eigenvalue weighted by Crippen LogP contribution is -2.50. The molecule has 1 aliphatic heterocycles. The molecule has 0 radical (unpaired) electrons. The van der Waals surface area contributed by atoms with Crippen molar-refractivity contribution in [1.29, 1.82) is 0 Å². The molecule has 1 spiro atoms. The number of carbonyl (C=O) groups is 2. The first kappa shape index (κ1) is 10.2. The lowest BCUT2D eigenvalue weighted by molar-refractivity contribution is -0.120. The summed E-state index contributed by atoms with van der Waals surface area (Å²) in [6.45, 7) is 0. The van der Waals surface area contributed by atoms with Crippen LogP contribution in [0.5, 0.6) is 0 Å². The molecule has 90 valence electrons. The molecular formula is C11H12N2O4. The van der Waals surface area contributed by atoms with Gasteiger partial charge in [-0.3, -0.25) is 4.79 Å². The number of carboxylic acids is 1. The Kier molecular flexibility index (Phi) is 1.95. The minimum Gasteiger partial charge on any atom is -0.475 e.